The molecule has 0 radical (unpaired) electrons. The first kappa shape index (κ1) is 14.1. The van der Waals surface area contributed by atoms with Crippen molar-refractivity contribution in [2.75, 3.05) is 0 Å². The zero-order valence-corrected chi connectivity index (χ0v) is 12.7. The predicted octanol–water partition coefficient (Wildman–Crippen LogP) is 3.47. The summed E-state index contributed by atoms with van der Waals surface area (Å²) in [5.74, 6) is 0.746. The molecule has 2 heterocycles. The van der Waals surface area contributed by atoms with E-state index in [9.17, 15) is 4.79 Å². The highest BCUT2D eigenvalue weighted by Crippen LogP contribution is 2.32. The van der Waals surface area contributed by atoms with E-state index in [1.807, 2.05) is 18.5 Å². The van der Waals surface area contributed by atoms with Crippen molar-refractivity contribution in [3.05, 3.63) is 42.2 Å². The Morgan fingerprint density at radius 1 is 1.29 bits per heavy atom. The highest BCUT2D eigenvalue weighted by Gasteiger charge is 2.38. The molecule has 110 valence electrons. The van der Waals surface area contributed by atoms with Crippen LogP contribution in [0.1, 0.15) is 38.7 Å². The van der Waals surface area contributed by atoms with Crippen molar-refractivity contribution >= 4 is 16.7 Å². The van der Waals surface area contributed by atoms with Gasteiger partial charge in [0.15, 0.2) is 0 Å². The molecule has 3 heteroatoms. The molecule has 1 unspecified atom stereocenters. The van der Waals surface area contributed by atoms with Crippen molar-refractivity contribution < 1.29 is 4.79 Å². The van der Waals surface area contributed by atoms with Crippen LogP contribution in [-0.2, 0) is 11.2 Å². The first-order chi connectivity index (χ1) is 10.1. The fourth-order valence-electron chi connectivity index (χ4n) is 3.60. The van der Waals surface area contributed by atoms with Crippen molar-refractivity contribution in [1.29, 1.82) is 0 Å². The number of pyridine rings is 1. The summed E-state index contributed by atoms with van der Waals surface area (Å²) >= 11 is 0. The zero-order chi connectivity index (χ0) is 14.9. The summed E-state index contributed by atoms with van der Waals surface area (Å²) < 4.78 is 0. The molecule has 0 saturated carbocycles. The van der Waals surface area contributed by atoms with Crippen LogP contribution in [0.2, 0.25) is 0 Å². The highest BCUT2D eigenvalue weighted by atomic mass is 16.2. The van der Waals surface area contributed by atoms with Crippen LogP contribution in [0.3, 0.4) is 0 Å². The highest BCUT2D eigenvalue weighted by molar-refractivity contribution is 5.85. The smallest absolute Gasteiger partial charge is 0.220 e. The fourth-order valence-corrected chi connectivity index (χ4v) is 3.60. The zero-order valence-electron chi connectivity index (χ0n) is 12.7. The summed E-state index contributed by atoms with van der Waals surface area (Å²) in [5, 5.41) is 5.66. The van der Waals surface area contributed by atoms with Crippen LogP contribution in [0.4, 0.5) is 0 Å². The third-order valence-electron chi connectivity index (χ3n) is 4.31. The molecular weight excluding hydrogens is 260 g/mol. The summed E-state index contributed by atoms with van der Waals surface area (Å²) in [7, 11) is 0. The molecule has 0 aliphatic carbocycles. The number of carbonyl (C=O) groups excluding carboxylic acids is 1. The van der Waals surface area contributed by atoms with E-state index in [2.05, 4.69) is 42.3 Å². The number of benzene rings is 1. The Kier molecular flexibility index (Phi) is 3.66. The van der Waals surface area contributed by atoms with Crippen LogP contribution < -0.4 is 5.32 Å². The second-order valence-corrected chi connectivity index (χ2v) is 6.62. The molecule has 1 aromatic heterocycles. The first-order valence-corrected chi connectivity index (χ1v) is 7.71. The van der Waals surface area contributed by atoms with Crippen LogP contribution in [0.25, 0.3) is 10.8 Å². The Morgan fingerprint density at radius 2 is 2.10 bits per heavy atom. The van der Waals surface area contributed by atoms with E-state index in [1.54, 1.807) is 0 Å². The Labute approximate surface area is 125 Å². The summed E-state index contributed by atoms with van der Waals surface area (Å²) in [4.78, 5) is 16.1. The number of amides is 1. The third-order valence-corrected chi connectivity index (χ3v) is 4.31. The number of hydrogen-bond donors (Lipinski definition) is 1. The minimum absolute atomic E-state index is 0.100. The van der Waals surface area contributed by atoms with Crippen molar-refractivity contribution in [3.63, 3.8) is 0 Å². The molecular formula is C18H22N2O. The number of aromatic nitrogens is 1. The number of carbonyl (C=O) groups is 1. The van der Waals surface area contributed by atoms with Gasteiger partial charge >= 0.3 is 0 Å². The number of nitrogens with one attached hydrogen (secondary N) is 1. The van der Waals surface area contributed by atoms with Crippen LogP contribution in [0, 0.1) is 5.92 Å². The van der Waals surface area contributed by atoms with Gasteiger partial charge in [-0.2, -0.15) is 0 Å². The average Bonchev–Trinajstić information content (AvgIpc) is 2.79. The van der Waals surface area contributed by atoms with Gasteiger partial charge in [0.25, 0.3) is 0 Å². The van der Waals surface area contributed by atoms with E-state index in [4.69, 9.17) is 0 Å². The maximum absolute atomic E-state index is 11.8. The molecule has 1 fully saturated rings. The molecule has 21 heavy (non-hydrogen) atoms. The Morgan fingerprint density at radius 3 is 2.81 bits per heavy atom. The van der Waals surface area contributed by atoms with Gasteiger partial charge in [0.1, 0.15) is 0 Å². The fraction of sp³-hybridized carbons (Fsp3) is 0.444. The minimum Gasteiger partial charge on any atom is -0.350 e. The molecule has 1 N–H and O–H groups in total. The SMILES string of the molecule is CC(C)CC1(Cc2cncc3ccccc23)CCC(=O)N1. The van der Waals surface area contributed by atoms with E-state index >= 15 is 0 Å². The lowest BCUT2D eigenvalue weighted by molar-refractivity contribution is -0.119. The molecule has 1 saturated heterocycles. The van der Waals surface area contributed by atoms with Gasteiger partial charge in [0, 0.05) is 29.7 Å². The lowest BCUT2D eigenvalue weighted by atomic mass is 9.81. The average molecular weight is 282 g/mol. The Balaban J connectivity index is 1.96. The quantitative estimate of drug-likeness (QED) is 0.933. The normalized spacial score (nSPS) is 22.0. The van der Waals surface area contributed by atoms with Gasteiger partial charge in [-0.05, 0) is 36.1 Å². The molecule has 2 aromatic rings. The first-order valence-electron chi connectivity index (χ1n) is 7.71. The molecule has 1 aromatic carbocycles. The van der Waals surface area contributed by atoms with Crippen LogP contribution in [0.5, 0.6) is 0 Å². The van der Waals surface area contributed by atoms with Gasteiger partial charge in [-0.1, -0.05) is 38.1 Å². The van der Waals surface area contributed by atoms with Gasteiger partial charge in [0.2, 0.25) is 5.91 Å². The van der Waals surface area contributed by atoms with E-state index in [0.717, 1.165) is 19.3 Å². The second kappa shape index (κ2) is 5.47. The molecule has 1 aliphatic heterocycles. The molecule has 1 atom stereocenters. The molecule has 1 amide bonds. The molecule has 0 bridgehead atoms. The summed E-state index contributed by atoms with van der Waals surface area (Å²) in [6.07, 6.45) is 7.31. The third kappa shape index (κ3) is 2.92. The summed E-state index contributed by atoms with van der Waals surface area (Å²) in [6, 6.07) is 8.34. The largest absolute Gasteiger partial charge is 0.350 e. The van der Waals surface area contributed by atoms with Crippen molar-refractivity contribution in [1.82, 2.24) is 10.3 Å². The second-order valence-electron chi connectivity index (χ2n) is 6.62. The lowest BCUT2D eigenvalue weighted by Gasteiger charge is -2.31. The summed E-state index contributed by atoms with van der Waals surface area (Å²) in [6.45, 7) is 4.43. The molecule has 3 rings (SSSR count). The maximum Gasteiger partial charge on any atom is 0.220 e. The van der Waals surface area contributed by atoms with Crippen molar-refractivity contribution in [2.45, 2.75) is 45.1 Å². The standard InChI is InChI=1S/C18H22N2O/c1-13(2)9-18(8-7-17(21)20-18)10-15-12-19-11-14-5-3-4-6-16(14)15/h3-6,11-13H,7-10H2,1-2H3,(H,20,21). The minimum atomic E-state index is -0.100. The van der Waals surface area contributed by atoms with E-state index in [0.29, 0.717) is 12.3 Å². The van der Waals surface area contributed by atoms with Gasteiger partial charge in [-0.25, -0.2) is 0 Å². The van der Waals surface area contributed by atoms with E-state index in [1.165, 1.54) is 16.3 Å². The topological polar surface area (TPSA) is 42.0 Å². The maximum atomic E-state index is 11.8. The monoisotopic (exact) mass is 282 g/mol. The van der Waals surface area contributed by atoms with Crippen LogP contribution in [0.15, 0.2) is 36.7 Å². The number of hydrogen-bond acceptors (Lipinski definition) is 2. The van der Waals surface area contributed by atoms with Crippen LogP contribution >= 0.6 is 0 Å². The lowest BCUT2D eigenvalue weighted by Crippen LogP contribution is -2.44. The van der Waals surface area contributed by atoms with Gasteiger partial charge in [-0.3, -0.25) is 9.78 Å². The van der Waals surface area contributed by atoms with E-state index in [-0.39, 0.29) is 11.4 Å². The summed E-state index contributed by atoms with van der Waals surface area (Å²) in [5.41, 5.74) is 1.13. The molecule has 3 nitrogen and oxygen atoms in total. The molecule has 1 aliphatic rings. The van der Waals surface area contributed by atoms with Gasteiger partial charge < -0.3 is 5.32 Å². The predicted molar refractivity (Wildman–Crippen MR) is 85.0 cm³/mol. The number of rotatable bonds is 4. The van der Waals surface area contributed by atoms with Crippen LogP contribution in [-0.4, -0.2) is 16.4 Å². The Hall–Kier alpha value is -1.90. The molecule has 0 spiro atoms. The Bertz CT molecular complexity index is 660. The van der Waals surface area contributed by atoms with Crippen molar-refractivity contribution in [3.8, 4) is 0 Å². The van der Waals surface area contributed by atoms with Crippen molar-refractivity contribution in [2.24, 2.45) is 5.92 Å². The van der Waals surface area contributed by atoms with E-state index < -0.39 is 0 Å². The van der Waals surface area contributed by atoms with Gasteiger partial charge in [-0.15, -0.1) is 0 Å². The number of fused-ring (bicyclic) bond motifs is 1. The number of nitrogens with zero attached hydrogens (tertiary/aromatic N) is 1. The van der Waals surface area contributed by atoms with Gasteiger partial charge in [0.05, 0.1) is 0 Å².